The third-order valence-corrected chi connectivity index (χ3v) is 5.89. The average molecular weight is 405 g/mol. The van der Waals surface area contributed by atoms with E-state index in [-0.39, 0.29) is 23.9 Å². The second-order valence-corrected chi connectivity index (χ2v) is 7.60. The van der Waals surface area contributed by atoms with E-state index in [2.05, 4.69) is 10.4 Å². The minimum atomic E-state index is -0.0964. The molecular formula is C21H29ClN4O2. The first-order valence-corrected chi connectivity index (χ1v) is 9.84. The predicted molar refractivity (Wildman–Crippen MR) is 111 cm³/mol. The summed E-state index contributed by atoms with van der Waals surface area (Å²) >= 11 is 0. The van der Waals surface area contributed by atoms with E-state index >= 15 is 0 Å². The van der Waals surface area contributed by atoms with Gasteiger partial charge in [0.15, 0.2) is 5.69 Å². The van der Waals surface area contributed by atoms with E-state index in [0.717, 1.165) is 49.2 Å². The number of carbonyl (C=O) groups excluding carboxylic acids is 1. The number of benzene rings is 1. The number of rotatable bonds is 4. The van der Waals surface area contributed by atoms with Gasteiger partial charge in [-0.2, -0.15) is 5.10 Å². The number of amides is 1. The van der Waals surface area contributed by atoms with Gasteiger partial charge in [0.05, 0.1) is 12.2 Å². The molecule has 2 aliphatic rings. The highest BCUT2D eigenvalue weighted by Crippen LogP contribution is 2.36. The zero-order valence-electron chi connectivity index (χ0n) is 16.6. The molecule has 1 saturated heterocycles. The van der Waals surface area contributed by atoms with Crippen LogP contribution in [0.1, 0.15) is 47.1 Å². The maximum Gasteiger partial charge on any atom is 0.275 e. The van der Waals surface area contributed by atoms with Gasteiger partial charge >= 0.3 is 0 Å². The van der Waals surface area contributed by atoms with Crippen molar-refractivity contribution in [3.8, 4) is 0 Å². The van der Waals surface area contributed by atoms with Gasteiger partial charge in [-0.1, -0.05) is 30.3 Å². The number of hydrogen-bond donors (Lipinski definition) is 1. The quantitative estimate of drug-likeness (QED) is 0.851. The topological polar surface area (TPSA) is 59.4 Å². The maximum atomic E-state index is 13.2. The van der Waals surface area contributed by atoms with E-state index < -0.39 is 0 Å². The standard InChI is InChI=1S/C21H28N4O2.ClH/c1-3-25(14-16-7-5-4-6-8-16)20(26)19-17-15-27-21(9-11-22-12-10-21)13-18(17)24(2)23-19;/h4-8,22H,3,9-15H2,1-2H3;1H. The average Bonchev–Trinajstić information content (AvgIpc) is 3.03. The normalized spacial score (nSPS) is 17.6. The van der Waals surface area contributed by atoms with Crippen LogP contribution in [-0.4, -0.2) is 45.8 Å². The van der Waals surface area contributed by atoms with E-state index in [1.165, 1.54) is 0 Å². The van der Waals surface area contributed by atoms with Crippen molar-refractivity contribution in [2.24, 2.45) is 7.05 Å². The number of carbonyl (C=O) groups is 1. The van der Waals surface area contributed by atoms with Gasteiger partial charge in [-0.25, -0.2) is 0 Å². The lowest BCUT2D eigenvalue weighted by Gasteiger charge is -2.40. The van der Waals surface area contributed by atoms with Crippen molar-refractivity contribution in [1.29, 1.82) is 0 Å². The SMILES string of the molecule is CCN(Cc1ccccc1)C(=O)c1nn(C)c2c1COC1(CCNCC1)C2.Cl. The van der Waals surface area contributed by atoms with Crippen LogP contribution in [0.25, 0.3) is 0 Å². The van der Waals surface area contributed by atoms with E-state index in [4.69, 9.17) is 4.74 Å². The molecule has 2 aliphatic heterocycles. The molecule has 1 amide bonds. The van der Waals surface area contributed by atoms with Crippen molar-refractivity contribution in [2.75, 3.05) is 19.6 Å². The first-order valence-electron chi connectivity index (χ1n) is 9.84. The van der Waals surface area contributed by atoms with Crippen LogP contribution in [0, 0.1) is 0 Å². The number of aromatic nitrogens is 2. The third kappa shape index (κ3) is 3.95. The Balaban J connectivity index is 0.00000225. The first kappa shape index (κ1) is 20.8. The molecular weight excluding hydrogens is 376 g/mol. The molecule has 1 aromatic carbocycles. The van der Waals surface area contributed by atoms with E-state index in [1.54, 1.807) is 0 Å². The molecule has 1 spiro atoms. The Hall–Kier alpha value is -1.89. The summed E-state index contributed by atoms with van der Waals surface area (Å²) < 4.78 is 8.20. The van der Waals surface area contributed by atoms with Crippen molar-refractivity contribution in [1.82, 2.24) is 20.0 Å². The molecule has 152 valence electrons. The zero-order chi connectivity index (χ0) is 18.9. The highest BCUT2D eigenvalue weighted by atomic mass is 35.5. The molecule has 1 aromatic heterocycles. The molecule has 6 nitrogen and oxygen atoms in total. The molecule has 3 heterocycles. The lowest BCUT2D eigenvalue weighted by Crippen LogP contribution is -2.47. The Bertz CT molecular complexity index is 815. The fraction of sp³-hybridized carbons (Fsp3) is 0.524. The smallest absolute Gasteiger partial charge is 0.275 e. The Morgan fingerprint density at radius 1 is 1.29 bits per heavy atom. The van der Waals surface area contributed by atoms with Gasteiger partial charge in [0.25, 0.3) is 5.91 Å². The number of hydrogen-bond acceptors (Lipinski definition) is 4. The summed E-state index contributed by atoms with van der Waals surface area (Å²) in [6.45, 7) is 5.71. The summed E-state index contributed by atoms with van der Waals surface area (Å²) in [6.07, 6.45) is 2.86. The van der Waals surface area contributed by atoms with E-state index in [1.807, 2.05) is 53.9 Å². The Kier molecular flexibility index (Phi) is 6.43. The minimum Gasteiger partial charge on any atom is -0.370 e. The van der Waals surface area contributed by atoms with Gasteiger partial charge in [0, 0.05) is 37.8 Å². The minimum absolute atomic E-state index is 0. The molecule has 1 N–H and O–H groups in total. The lowest BCUT2D eigenvalue weighted by molar-refractivity contribution is -0.0869. The van der Waals surface area contributed by atoms with Crippen LogP contribution in [0.2, 0.25) is 0 Å². The van der Waals surface area contributed by atoms with Crippen LogP contribution in [0.3, 0.4) is 0 Å². The highest BCUT2D eigenvalue weighted by Gasteiger charge is 2.40. The second kappa shape index (κ2) is 8.64. The number of fused-ring (bicyclic) bond motifs is 1. The van der Waals surface area contributed by atoms with Gasteiger partial charge in [-0.05, 0) is 38.4 Å². The number of piperidine rings is 1. The predicted octanol–water partition coefficient (Wildman–Crippen LogP) is 2.70. The molecule has 2 aromatic rings. The highest BCUT2D eigenvalue weighted by molar-refractivity contribution is 5.94. The third-order valence-electron chi connectivity index (χ3n) is 5.89. The summed E-state index contributed by atoms with van der Waals surface area (Å²) in [5.74, 6) is -0.0111. The van der Waals surface area contributed by atoms with E-state index in [9.17, 15) is 4.79 Å². The fourth-order valence-electron chi connectivity index (χ4n) is 4.21. The van der Waals surface area contributed by atoms with Crippen molar-refractivity contribution in [2.45, 2.75) is 44.9 Å². The molecule has 7 heteroatoms. The van der Waals surface area contributed by atoms with Crippen LogP contribution >= 0.6 is 12.4 Å². The maximum absolute atomic E-state index is 13.2. The lowest BCUT2D eigenvalue weighted by atomic mass is 9.84. The largest absolute Gasteiger partial charge is 0.370 e. The summed E-state index contributed by atoms with van der Waals surface area (Å²) in [5, 5.41) is 8.01. The summed E-state index contributed by atoms with van der Waals surface area (Å²) in [4.78, 5) is 15.1. The first-order chi connectivity index (χ1) is 13.1. The van der Waals surface area contributed by atoms with Crippen molar-refractivity contribution >= 4 is 18.3 Å². The zero-order valence-corrected chi connectivity index (χ0v) is 17.4. The number of ether oxygens (including phenoxy) is 1. The number of aryl methyl sites for hydroxylation is 1. The molecule has 0 radical (unpaired) electrons. The van der Waals surface area contributed by atoms with Crippen LogP contribution in [0.4, 0.5) is 0 Å². The molecule has 0 atom stereocenters. The Morgan fingerprint density at radius 2 is 2.00 bits per heavy atom. The molecule has 4 rings (SSSR count). The van der Waals surface area contributed by atoms with Gasteiger partial charge in [0.1, 0.15) is 0 Å². The van der Waals surface area contributed by atoms with Crippen LogP contribution < -0.4 is 5.32 Å². The van der Waals surface area contributed by atoms with Gasteiger partial charge in [0.2, 0.25) is 0 Å². The monoisotopic (exact) mass is 404 g/mol. The van der Waals surface area contributed by atoms with Crippen LogP contribution in [0.15, 0.2) is 30.3 Å². The molecule has 0 bridgehead atoms. The molecule has 1 fully saturated rings. The number of nitrogens with one attached hydrogen (secondary N) is 1. The van der Waals surface area contributed by atoms with Crippen molar-refractivity contribution < 1.29 is 9.53 Å². The Morgan fingerprint density at radius 3 is 2.68 bits per heavy atom. The molecule has 0 saturated carbocycles. The van der Waals surface area contributed by atoms with Gasteiger partial charge in [-0.3, -0.25) is 9.48 Å². The van der Waals surface area contributed by atoms with Crippen molar-refractivity contribution in [3.05, 3.63) is 52.8 Å². The van der Waals surface area contributed by atoms with Gasteiger partial charge < -0.3 is 15.0 Å². The number of halogens is 1. The molecule has 0 unspecified atom stereocenters. The van der Waals surface area contributed by atoms with E-state index in [0.29, 0.717) is 25.4 Å². The Labute approximate surface area is 172 Å². The van der Waals surface area contributed by atoms with Crippen LogP contribution in [0.5, 0.6) is 0 Å². The van der Waals surface area contributed by atoms with Gasteiger partial charge in [-0.15, -0.1) is 12.4 Å². The van der Waals surface area contributed by atoms with Crippen LogP contribution in [-0.2, 0) is 31.4 Å². The fourth-order valence-corrected chi connectivity index (χ4v) is 4.21. The molecule has 0 aliphatic carbocycles. The summed E-state index contributed by atoms with van der Waals surface area (Å²) in [5.41, 5.74) is 3.71. The summed E-state index contributed by atoms with van der Waals surface area (Å²) in [7, 11) is 1.95. The summed E-state index contributed by atoms with van der Waals surface area (Å²) in [6, 6.07) is 10.1. The second-order valence-electron chi connectivity index (χ2n) is 7.60. The molecule has 28 heavy (non-hydrogen) atoms. The number of nitrogens with zero attached hydrogens (tertiary/aromatic N) is 3. The van der Waals surface area contributed by atoms with Crippen molar-refractivity contribution in [3.63, 3.8) is 0 Å².